The van der Waals surface area contributed by atoms with Crippen molar-refractivity contribution in [2.45, 2.75) is 40.6 Å². The molecule has 4 rings (SSSR count). The van der Waals surface area contributed by atoms with E-state index in [2.05, 4.69) is 130 Å². The highest BCUT2D eigenvalue weighted by molar-refractivity contribution is 8.00. The van der Waals surface area contributed by atoms with Crippen LogP contribution in [0.2, 0.25) is 0 Å². The fourth-order valence-corrected chi connectivity index (χ4v) is 5.74. The Morgan fingerprint density at radius 3 is 1.61 bits per heavy atom. The van der Waals surface area contributed by atoms with Gasteiger partial charge in [0, 0.05) is 19.8 Å². The Morgan fingerprint density at radius 2 is 1.06 bits per heavy atom. The number of hydrogen-bond donors (Lipinski definition) is 0. The van der Waals surface area contributed by atoms with Crippen LogP contribution in [0.25, 0.3) is 11.1 Å². The molecule has 0 radical (unpaired) electrons. The predicted octanol–water partition coefficient (Wildman–Crippen LogP) is 9.23. The Kier molecular flexibility index (Phi) is 6.89. The maximum atomic E-state index is 2.29. The van der Waals surface area contributed by atoms with E-state index in [1.54, 1.807) is 0 Å². The molecule has 1 unspecified atom stereocenters. The van der Waals surface area contributed by atoms with Crippen LogP contribution < -0.4 is 0 Å². The summed E-state index contributed by atoms with van der Waals surface area (Å²) >= 11 is 3.81. The van der Waals surface area contributed by atoms with Gasteiger partial charge in [0.1, 0.15) is 0 Å². The summed E-state index contributed by atoms with van der Waals surface area (Å²) < 4.78 is 0.0388. The van der Waals surface area contributed by atoms with Gasteiger partial charge in [0.2, 0.25) is 0 Å². The van der Waals surface area contributed by atoms with Crippen LogP contribution in [0.5, 0.6) is 0 Å². The lowest BCUT2D eigenvalue weighted by Crippen LogP contribution is -2.11. The van der Waals surface area contributed by atoms with Crippen LogP contribution in [-0.2, 0) is 4.75 Å². The average molecular weight is 441 g/mol. The van der Waals surface area contributed by atoms with Crippen LogP contribution in [0.15, 0.2) is 119 Å². The molecule has 0 aliphatic heterocycles. The predicted molar refractivity (Wildman–Crippen MR) is 138 cm³/mol. The second-order valence-corrected chi connectivity index (χ2v) is 11.3. The molecule has 0 aliphatic rings. The minimum atomic E-state index is 0.0388. The van der Waals surface area contributed by atoms with E-state index >= 15 is 0 Å². The minimum Gasteiger partial charge on any atom is -0.118 e. The van der Waals surface area contributed by atoms with Gasteiger partial charge in [0.15, 0.2) is 0 Å². The lowest BCUT2D eigenvalue weighted by molar-refractivity contribution is 0.782. The molecule has 0 fully saturated rings. The largest absolute Gasteiger partial charge is 0.118 e. The highest BCUT2D eigenvalue weighted by Crippen LogP contribution is 2.41. The SMILES string of the molecule is CC(Sc1ccc(-c2ccc(SC(C)(C)c3ccccc3)cc2)cc1)c1ccccc1. The third-order valence-electron chi connectivity index (χ3n) is 5.47. The summed E-state index contributed by atoms with van der Waals surface area (Å²) in [4.78, 5) is 2.60. The Hall–Kier alpha value is -2.42. The van der Waals surface area contributed by atoms with Crippen molar-refractivity contribution >= 4 is 23.5 Å². The standard InChI is InChI=1S/C29H28S2/c1-22(23-10-6-4-7-11-23)30-27-18-14-24(15-19-27)25-16-20-28(21-17-25)31-29(2,3)26-12-8-5-9-13-26/h4-22H,1-3H3. The first-order chi connectivity index (χ1) is 15.0. The van der Waals surface area contributed by atoms with Crippen LogP contribution >= 0.6 is 23.5 Å². The van der Waals surface area contributed by atoms with Gasteiger partial charge in [-0.25, -0.2) is 0 Å². The topological polar surface area (TPSA) is 0 Å². The number of thioether (sulfide) groups is 2. The van der Waals surface area contributed by atoms with Crippen LogP contribution in [0, 0.1) is 0 Å². The molecule has 0 aromatic heterocycles. The fourth-order valence-electron chi connectivity index (χ4n) is 3.63. The second kappa shape index (κ2) is 9.80. The lowest BCUT2D eigenvalue weighted by atomic mass is 10.0. The maximum Gasteiger partial charge on any atom is 0.0399 e. The summed E-state index contributed by atoms with van der Waals surface area (Å²) in [7, 11) is 0. The Balaban J connectivity index is 1.42. The molecule has 156 valence electrons. The van der Waals surface area contributed by atoms with Crippen LogP contribution in [-0.4, -0.2) is 0 Å². The van der Waals surface area contributed by atoms with Gasteiger partial charge in [-0.3, -0.25) is 0 Å². The van der Waals surface area contributed by atoms with Gasteiger partial charge in [0.05, 0.1) is 0 Å². The van der Waals surface area contributed by atoms with Crippen molar-refractivity contribution in [2.24, 2.45) is 0 Å². The van der Waals surface area contributed by atoms with Gasteiger partial charge in [-0.1, -0.05) is 84.9 Å². The van der Waals surface area contributed by atoms with Crippen molar-refractivity contribution in [3.63, 3.8) is 0 Å². The Morgan fingerprint density at radius 1 is 0.581 bits per heavy atom. The van der Waals surface area contributed by atoms with E-state index in [-0.39, 0.29) is 4.75 Å². The quantitative estimate of drug-likeness (QED) is 0.263. The zero-order valence-electron chi connectivity index (χ0n) is 18.3. The molecule has 0 aliphatic carbocycles. The van der Waals surface area contributed by atoms with Crippen LogP contribution in [0.1, 0.15) is 37.1 Å². The van der Waals surface area contributed by atoms with Crippen molar-refractivity contribution in [1.29, 1.82) is 0 Å². The van der Waals surface area contributed by atoms with E-state index in [9.17, 15) is 0 Å². The summed E-state index contributed by atoms with van der Waals surface area (Å²) in [6, 6.07) is 39.3. The number of hydrogen-bond acceptors (Lipinski definition) is 2. The molecule has 31 heavy (non-hydrogen) atoms. The molecule has 0 bridgehead atoms. The first-order valence-electron chi connectivity index (χ1n) is 10.7. The highest BCUT2D eigenvalue weighted by atomic mass is 32.2. The van der Waals surface area contributed by atoms with Gasteiger partial charge in [-0.15, -0.1) is 23.5 Å². The second-order valence-electron chi connectivity index (χ2n) is 8.20. The molecule has 0 saturated carbocycles. The van der Waals surface area contributed by atoms with Crippen molar-refractivity contribution in [2.75, 3.05) is 0 Å². The number of rotatable bonds is 7. The van der Waals surface area contributed by atoms with Gasteiger partial charge in [-0.05, 0) is 67.3 Å². The summed E-state index contributed by atoms with van der Waals surface area (Å²) in [6.07, 6.45) is 0. The molecular weight excluding hydrogens is 412 g/mol. The zero-order valence-corrected chi connectivity index (χ0v) is 19.9. The third-order valence-corrected chi connectivity index (χ3v) is 7.89. The molecule has 0 heterocycles. The Labute approximate surface area is 195 Å². The summed E-state index contributed by atoms with van der Waals surface area (Å²) in [5, 5.41) is 0.441. The highest BCUT2D eigenvalue weighted by Gasteiger charge is 2.21. The number of benzene rings is 4. The Bertz CT molecular complexity index is 1080. The van der Waals surface area contributed by atoms with E-state index in [1.807, 2.05) is 23.5 Å². The van der Waals surface area contributed by atoms with E-state index < -0.39 is 0 Å². The molecule has 2 heteroatoms. The van der Waals surface area contributed by atoms with Gasteiger partial charge < -0.3 is 0 Å². The average Bonchev–Trinajstić information content (AvgIpc) is 2.81. The third kappa shape index (κ3) is 5.64. The van der Waals surface area contributed by atoms with Crippen LogP contribution in [0.4, 0.5) is 0 Å². The summed E-state index contributed by atoms with van der Waals surface area (Å²) in [5.41, 5.74) is 5.23. The molecular formula is C29H28S2. The van der Waals surface area contributed by atoms with Crippen molar-refractivity contribution in [3.8, 4) is 11.1 Å². The first-order valence-corrected chi connectivity index (χ1v) is 12.4. The molecule has 0 spiro atoms. The molecule has 1 atom stereocenters. The van der Waals surface area contributed by atoms with Crippen molar-refractivity contribution in [1.82, 2.24) is 0 Å². The van der Waals surface area contributed by atoms with E-state index in [0.29, 0.717) is 5.25 Å². The zero-order chi connectivity index (χ0) is 21.7. The van der Waals surface area contributed by atoms with Crippen LogP contribution in [0.3, 0.4) is 0 Å². The maximum absolute atomic E-state index is 2.29. The molecule has 0 saturated heterocycles. The monoisotopic (exact) mass is 440 g/mol. The first kappa shape index (κ1) is 21.8. The summed E-state index contributed by atoms with van der Waals surface area (Å²) in [6.45, 7) is 6.84. The van der Waals surface area contributed by atoms with Gasteiger partial charge >= 0.3 is 0 Å². The molecule has 4 aromatic rings. The van der Waals surface area contributed by atoms with E-state index in [0.717, 1.165) is 0 Å². The van der Waals surface area contributed by atoms with E-state index in [1.165, 1.54) is 32.0 Å². The molecule has 0 amide bonds. The van der Waals surface area contributed by atoms with Gasteiger partial charge in [-0.2, -0.15) is 0 Å². The van der Waals surface area contributed by atoms with Gasteiger partial charge in [0.25, 0.3) is 0 Å². The smallest absolute Gasteiger partial charge is 0.0399 e. The van der Waals surface area contributed by atoms with E-state index in [4.69, 9.17) is 0 Å². The lowest BCUT2D eigenvalue weighted by Gasteiger charge is -2.24. The summed E-state index contributed by atoms with van der Waals surface area (Å²) in [5.74, 6) is 0. The van der Waals surface area contributed by atoms with Crippen molar-refractivity contribution in [3.05, 3.63) is 120 Å². The molecule has 0 N–H and O–H groups in total. The fraction of sp³-hybridized carbons (Fsp3) is 0.172. The normalized spacial score (nSPS) is 12.5. The molecule has 0 nitrogen and oxygen atoms in total. The minimum absolute atomic E-state index is 0.0388. The van der Waals surface area contributed by atoms with Crippen molar-refractivity contribution < 1.29 is 0 Å². The molecule has 4 aromatic carbocycles.